The van der Waals surface area contributed by atoms with E-state index in [9.17, 15) is 26.4 Å². The average Bonchev–Trinajstić information content (AvgIpc) is 3.10. The first-order valence-corrected chi connectivity index (χ1v) is 11.1. The van der Waals surface area contributed by atoms with Gasteiger partial charge in [0.25, 0.3) is 10.0 Å². The highest BCUT2D eigenvalue weighted by atomic mass is 32.2. The zero-order valence-corrected chi connectivity index (χ0v) is 17.8. The quantitative estimate of drug-likeness (QED) is 0.579. The molecule has 0 saturated carbocycles. The number of carbonyl (C=O) groups excluding carboxylic acids is 1. The molecule has 6 nitrogen and oxygen atoms in total. The van der Waals surface area contributed by atoms with Gasteiger partial charge in [0.1, 0.15) is 6.54 Å². The molecular weight excluding hydrogens is 431 g/mol. The number of nitrogens with zero attached hydrogens (tertiary/aromatic N) is 2. The van der Waals surface area contributed by atoms with Crippen LogP contribution in [0.1, 0.15) is 19.4 Å². The van der Waals surface area contributed by atoms with Crippen LogP contribution in [0.3, 0.4) is 0 Å². The van der Waals surface area contributed by atoms with Crippen LogP contribution in [0.2, 0.25) is 0 Å². The first kappa shape index (κ1) is 22.7. The molecule has 0 atom stereocenters. The summed E-state index contributed by atoms with van der Waals surface area (Å²) in [6, 6.07) is 9.89. The molecule has 3 rings (SSSR count). The summed E-state index contributed by atoms with van der Waals surface area (Å²) in [4.78, 5) is 13.8. The van der Waals surface area contributed by atoms with Crippen molar-refractivity contribution in [1.29, 1.82) is 0 Å². The average molecular weight is 453 g/mol. The fourth-order valence-corrected chi connectivity index (χ4v) is 4.31. The number of rotatable bonds is 7. The van der Waals surface area contributed by atoms with E-state index in [1.807, 2.05) is 13.8 Å². The lowest BCUT2D eigenvalue weighted by molar-refractivity contribution is -0.137. The summed E-state index contributed by atoms with van der Waals surface area (Å²) < 4.78 is 67.3. The second kappa shape index (κ2) is 8.62. The number of carbonyl (C=O) groups is 1. The predicted molar refractivity (Wildman–Crippen MR) is 112 cm³/mol. The van der Waals surface area contributed by atoms with Gasteiger partial charge in [0.2, 0.25) is 5.91 Å². The minimum atomic E-state index is -4.54. The minimum Gasteiger partial charge on any atom is -0.342 e. The van der Waals surface area contributed by atoms with E-state index in [0.29, 0.717) is 13.1 Å². The molecule has 1 N–H and O–H groups in total. The van der Waals surface area contributed by atoms with E-state index in [4.69, 9.17) is 0 Å². The lowest BCUT2D eigenvalue weighted by Crippen LogP contribution is -2.33. The Hall–Kier alpha value is -3.01. The van der Waals surface area contributed by atoms with Gasteiger partial charge >= 0.3 is 6.18 Å². The van der Waals surface area contributed by atoms with Crippen molar-refractivity contribution in [3.8, 4) is 0 Å². The van der Waals surface area contributed by atoms with Crippen LogP contribution in [0.15, 0.2) is 59.6 Å². The van der Waals surface area contributed by atoms with Crippen molar-refractivity contribution >= 4 is 32.5 Å². The maximum Gasteiger partial charge on any atom is 0.416 e. The van der Waals surface area contributed by atoms with Crippen molar-refractivity contribution in [1.82, 2.24) is 9.47 Å². The van der Waals surface area contributed by atoms with Gasteiger partial charge in [-0.2, -0.15) is 13.2 Å². The highest BCUT2D eigenvalue weighted by Crippen LogP contribution is 2.30. The first-order valence-electron chi connectivity index (χ1n) is 9.62. The highest BCUT2D eigenvalue weighted by molar-refractivity contribution is 7.92. The summed E-state index contributed by atoms with van der Waals surface area (Å²) in [7, 11) is -4.06. The van der Waals surface area contributed by atoms with E-state index in [0.717, 1.165) is 35.2 Å². The summed E-state index contributed by atoms with van der Waals surface area (Å²) in [5.74, 6) is -0.0189. The third-order valence-corrected chi connectivity index (χ3v) is 6.33. The van der Waals surface area contributed by atoms with E-state index in [2.05, 4.69) is 4.72 Å². The number of hydrogen-bond acceptors (Lipinski definition) is 3. The second-order valence-electron chi connectivity index (χ2n) is 6.91. The van der Waals surface area contributed by atoms with Crippen LogP contribution >= 0.6 is 0 Å². The van der Waals surface area contributed by atoms with Gasteiger partial charge < -0.3 is 9.47 Å². The molecule has 31 heavy (non-hydrogen) atoms. The molecule has 10 heteroatoms. The van der Waals surface area contributed by atoms with Crippen molar-refractivity contribution in [2.75, 3.05) is 17.8 Å². The molecule has 1 aromatic heterocycles. The van der Waals surface area contributed by atoms with Crippen molar-refractivity contribution < 1.29 is 26.4 Å². The summed E-state index contributed by atoms with van der Waals surface area (Å²) in [6.07, 6.45) is -2.79. The fourth-order valence-electron chi connectivity index (χ4n) is 3.26. The fraction of sp³-hybridized carbons (Fsp3) is 0.286. The van der Waals surface area contributed by atoms with Gasteiger partial charge in [-0.25, -0.2) is 8.42 Å². The highest BCUT2D eigenvalue weighted by Gasteiger charge is 2.30. The van der Waals surface area contributed by atoms with Crippen LogP contribution in [-0.4, -0.2) is 36.9 Å². The maximum atomic E-state index is 12.7. The van der Waals surface area contributed by atoms with Gasteiger partial charge in [-0.05, 0) is 62.4 Å². The zero-order valence-electron chi connectivity index (χ0n) is 17.0. The first-order chi connectivity index (χ1) is 14.5. The van der Waals surface area contributed by atoms with E-state index < -0.39 is 21.8 Å². The van der Waals surface area contributed by atoms with Crippen molar-refractivity contribution in [2.24, 2.45) is 0 Å². The van der Waals surface area contributed by atoms with Gasteiger partial charge in [0.15, 0.2) is 0 Å². The molecule has 0 fully saturated rings. The lowest BCUT2D eigenvalue weighted by Gasteiger charge is -2.19. The number of anilines is 1. The lowest BCUT2D eigenvalue weighted by atomic mass is 10.2. The molecule has 0 spiro atoms. The van der Waals surface area contributed by atoms with Crippen LogP contribution in [0, 0.1) is 0 Å². The molecule has 0 aliphatic rings. The number of hydrogen-bond donors (Lipinski definition) is 1. The molecule has 0 saturated heterocycles. The zero-order chi connectivity index (χ0) is 22.8. The summed E-state index contributed by atoms with van der Waals surface area (Å²) in [6.45, 7) is 5.21. The van der Waals surface area contributed by atoms with E-state index in [-0.39, 0.29) is 23.0 Å². The van der Waals surface area contributed by atoms with Gasteiger partial charge in [0, 0.05) is 35.9 Å². The number of amides is 1. The Morgan fingerprint density at radius 2 is 1.68 bits per heavy atom. The number of likely N-dealkylation sites (N-methyl/N-ethyl adjacent to an activating group) is 1. The predicted octanol–water partition coefficient (Wildman–Crippen LogP) is 4.33. The van der Waals surface area contributed by atoms with Gasteiger partial charge in [-0.3, -0.25) is 9.52 Å². The van der Waals surface area contributed by atoms with Gasteiger partial charge in [-0.1, -0.05) is 0 Å². The standard InChI is InChI=1S/C21H22F3N3O3S/c1-3-26(4-2)20(28)14-27-12-11-15-13-17(7-10-19(15)27)25-31(29,30)18-8-5-16(6-9-18)21(22,23)24/h5-13,25H,3-4,14H2,1-2H3. The van der Waals surface area contributed by atoms with Crippen molar-refractivity contribution in [2.45, 2.75) is 31.5 Å². The maximum absolute atomic E-state index is 12.7. The molecule has 1 amide bonds. The molecule has 0 radical (unpaired) electrons. The summed E-state index contributed by atoms with van der Waals surface area (Å²) in [5.41, 5.74) is 0.103. The molecule has 3 aromatic rings. The van der Waals surface area contributed by atoms with Gasteiger partial charge in [0.05, 0.1) is 10.5 Å². The number of fused-ring (bicyclic) bond motifs is 1. The molecule has 2 aromatic carbocycles. The Morgan fingerprint density at radius 3 is 2.26 bits per heavy atom. The SMILES string of the molecule is CCN(CC)C(=O)Cn1ccc2cc(NS(=O)(=O)c3ccc(C(F)(F)F)cc3)ccc21. The molecule has 166 valence electrons. The number of aromatic nitrogens is 1. The van der Waals surface area contributed by atoms with Crippen LogP contribution in [0.25, 0.3) is 10.9 Å². The number of nitrogens with one attached hydrogen (secondary N) is 1. The Morgan fingerprint density at radius 1 is 1.03 bits per heavy atom. The molecule has 0 unspecified atom stereocenters. The number of benzene rings is 2. The smallest absolute Gasteiger partial charge is 0.342 e. The van der Waals surface area contributed by atoms with Crippen LogP contribution < -0.4 is 4.72 Å². The molecule has 0 aliphatic heterocycles. The van der Waals surface area contributed by atoms with E-state index >= 15 is 0 Å². The van der Waals surface area contributed by atoms with Crippen molar-refractivity contribution in [3.05, 3.63) is 60.3 Å². The Labute approximate surface area is 178 Å². The molecule has 1 heterocycles. The normalized spacial score (nSPS) is 12.2. The molecule has 0 bridgehead atoms. The summed E-state index contributed by atoms with van der Waals surface area (Å²) in [5, 5.41) is 0.722. The molecule has 0 aliphatic carbocycles. The Balaban J connectivity index is 1.80. The molecular formula is C21H22F3N3O3S. The number of halogens is 3. The number of sulfonamides is 1. The van der Waals surface area contributed by atoms with Crippen LogP contribution in [-0.2, 0) is 27.5 Å². The monoisotopic (exact) mass is 453 g/mol. The topological polar surface area (TPSA) is 71.4 Å². The third kappa shape index (κ3) is 5.01. The minimum absolute atomic E-state index is 0.0189. The Bertz CT molecular complexity index is 1180. The van der Waals surface area contributed by atoms with Crippen LogP contribution in [0.5, 0.6) is 0 Å². The van der Waals surface area contributed by atoms with Crippen molar-refractivity contribution in [3.63, 3.8) is 0 Å². The Kier molecular flexibility index (Phi) is 6.30. The van der Waals surface area contributed by atoms with E-state index in [1.54, 1.807) is 39.9 Å². The van der Waals surface area contributed by atoms with E-state index in [1.165, 1.54) is 0 Å². The summed E-state index contributed by atoms with van der Waals surface area (Å²) >= 11 is 0. The third-order valence-electron chi connectivity index (χ3n) is 4.94. The number of alkyl halides is 3. The largest absolute Gasteiger partial charge is 0.416 e. The second-order valence-corrected chi connectivity index (χ2v) is 8.59. The van der Waals surface area contributed by atoms with Gasteiger partial charge in [-0.15, -0.1) is 0 Å². The van der Waals surface area contributed by atoms with Crippen LogP contribution in [0.4, 0.5) is 18.9 Å².